The normalized spacial score (nSPS) is 20.2. The highest BCUT2D eigenvalue weighted by Gasteiger charge is 2.22. The summed E-state index contributed by atoms with van der Waals surface area (Å²) in [6.07, 6.45) is 6.86. The third-order valence-corrected chi connectivity index (χ3v) is 3.27. The first-order valence-electron chi connectivity index (χ1n) is 6.62. The van der Waals surface area contributed by atoms with Crippen LogP contribution in [0.2, 0.25) is 0 Å². The Labute approximate surface area is 94.8 Å². The van der Waals surface area contributed by atoms with Crippen molar-refractivity contribution in [2.24, 2.45) is 5.92 Å². The Hall–Kier alpha value is -0.0800. The van der Waals surface area contributed by atoms with Crippen LogP contribution in [0.15, 0.2) is 0 Å². The van der Waals surface area contributed by atoms with Gasteiger partial charge in [0.2, 0.25) is 0 Å². The average Bonchev–Trinajstić information content (AvgIpc) is 3.03. The van der Waals surface area contributed by atoms with Crippen LogP contribution >= 0.6 is 0 Å². The molecule has 2 heteroatoms. The highest BCUT2D eigenvalue weighted by atomic mass is 16.5. The van der Waals surface area contributed by atoms with E-state index in [1.54, 1.807) is 0 Å². The molecular weight excluding hydrogens is 186 g/mol. The molecule has 0 bridgehead atoms. The van der Waals surface area contributed by atoms with Gasteiger partial charge >= 0.3 is 0 Å². The van der Waals surface area contributed by atoms with Gasteiger partial charge in [0.15, 0.2) is 0 Å². The Balaban J connectivity index is 2.07. The standard InChI is InChI=1S/C13H27NO/c1-4-9-14-13(5-2)11(3)15-10-8-12-6-7-12/h11-14H,4-10H2,1-3H3. The lowest BCUT2D eigenvalue weighted by molar-refractivity contribution is 0.0345. The molecule has 2 unspecified atom stereocenters. The maximum Gasteiger partial charge on any atom is 0.0699 e. The average molecular weight is 213 g/mol. The van der Waals surface area contributed by atoms with Crippen molar-refractivity contribution >= 4 is 0 Å². The predicted octanol–water partition coefficient (Wildman–Crippen LogP) is 2.97. The van der Waals surface area contributed by atoms with E-state index >= 15 is 0 Å². The molecule has 0 aliphatic heterocycles. The molecule has 2 atom stereocenters. The lowest BCUT2D eigenvalue weighted by Crippen LogP contribution is -2.39. The van der Waals surface area contributed by atoms with Crippen molar-refractivity contribution in [3.05, 3.63) is 0 Å². The van der Waals surface area contributed by atoms with Crippen LogP contribution in [0.5, 0.6) is 0 Å². The molecule has 0 spiro atoms. The minimum absolute atomic E-state index is 0.361. The van der Waals surface area contributed by atoms with Gasteiger partial charge in [-0.2, -0.15) is 0 Å². The number of nitrogens with one attached hydrogen (secondary N) is 1. The summed E-state index contributed by atoms with van der Waals surface area (Å²) in [6.45, 7) is 8.70. The molecule has 90 valence electrons. The third kappa shape index (κ3) is 5.53. The molecule has 0 aromatic rings. The van der Waals surface area contributed by atoms with Crippen LogP contribution in [0.3, 0.4) is 0 Å². The number of ether oxygens (including phenoxy) is 1. The van der Waals surface area contributed by atoms with E-state index in [4.69, 9.17) is 4.74 Å². The van der Waals surface area contributed by atoms with Gasteiger partial charge in [-0.05, 0) is 38.6 Å². The van der Waals surface area contributed by atoms with Crippen molar-refractivity contribution < 1.29 is 4.74 Å². The van der Waals surface area contributed by atoms with Crippen molar-refractivity contribution in [3.63, 3.8) is 0 Å². The molecule has 1 aliphatic carbocycles. The summed E-state index contributed by atoms with van der Waals surface area (Å²) in [4.78, 5) is 0. The van der Waals surface area contributed by atoms with Gasteiger partial charge in [0.05, 0.1) is 6.10 Å². The zero-order valence-electron chi connectivity index (χ0n) is 10.6. The molecule has 1 saturated carbocycles. The fourth-order valence-electron chi connectivity index (χ4n) is 1.92. The van der Waals surface area contributed by atoms with Gasteiger partial charge in [0.25, 0.3) is 0 Å². The smallest absolute Gasteiger partial charge is 0.0699 e. The zero-order chi connectivity index (χ0) is 11.1. The van der Waals surface area contributed by atoms with Gasteiger partial charge < -0.3 is 10.1 Å². The molecule has 1 fully saturated rings. The van der Waals surface area contributed by atoms with Crippen molar-refractivity contribution in [3.8, 4) is 0 Å². The molecule has 0 heterocycles. The molecule has 0 saturated heterocycles. The summed E-state index contributed by atoms with van der Waals surface area (Å²) in [7, 11) is 0. The van der Waals surface area contributed by atoms with Gasteiger partial charge in [-0.1, -0.05) is 26.7 Å². The SMILES string of the molecule is CCCNC(CC)C(C)OCCC1CC1. The largest absolute Gasteiger partial charge is 0.377 e. The third-order valence-electron chi connectivity index (χ3n) is 3.27. The minimum Gasteiger partial charge on any atom is -0.377 e. The van der Waals surface area contributed by atoms with Gasteiger partial charge in [0.1, 0.15) is 0 Å². The fourth-order valence-corrected chi connectivity index (χ4v) is 1.92. The quantitative estimate of drug-likeness (QED) is 0.636. The van der Waals surface area contributed by atoms with Crippen LogP contribution in [0.4, 0.5) is 0 Å². The maximum atomic E-state index is 5.88. The second-order valence-corrected chi connectivity index (χ2v) is 4.78. The molecule has 1 aliphatic rings. The van der Waals surface area contributed by atoms with E-state index in [1.165, 1.54) is 25.7 Å². The topological polar surface area (TPSA) is 21.3 Å². The van der Waals surface area contributed by atoms with E-state index in [0.717, 1.165) is 25.5 Å². The van der Waals surface area contributed by atoms with Crippen LogP contribution in [0.25, 0.3) is 0 Å². The molecule has 0 amide bonds. The van der Waals surface area contributed by atoms with Gasteiger partial charge in [0, 0.05) is 12.6 Å². The summed E-state index contributed by atoms with van der Waals surface area (Å²) in [5.41, 5.74) is 0. The molecule has 0 aromatic heterocycles. The Morgan fingerprint density at radius 1 is 1.33 bits per heavy atom. The van der Waals surface area contributed by atoms with E-state index in [-0.39, 0.29) is 0 Å². The van der Waals surface area contributed by atoms with Crippen LogP contribution in [-0.4, -0.2) is 25.3 Å². The van der Waals surface area contributed by atoms with Crippen LogP contribution < -0.4 is 5.32 Å². The van der Waals surface area contributed by atoms with Crippen molar-refractivity contribution in [2.45, 2.75) is 65.0 Å². The maximum absolute atomic E-state index is 5.88. The first-order valence-corrected chi connectivity index (χ1v) is 6.62. The van der Waals surface area contributed by atoms with Crippen LogP contribution in [0.1, 0.15) is 52.9 Å². The summed E-state index contributed by atoms with van der Waals surface area (Å²) >= 11 is 0. The predicted molar refractivity (Wildman–Crippen MR) is 65.1 cm³/mol. The van der Waals surface area contributed by atoms with E-state index in [1.807, 2.05) is 0 Å². The molecule has 0 radical (unpaired) electrons. The molecule has 1 N–H and O–H groups in total. The highest BCUT2D eigenvalue weighted by molar-refractivity contribution is 4.75. The van der Waals surface area contributed by atoms with E-state index in [0.29, 0.717) is 12.1 Å². The Morgan fingerprint density at radius 2 is 2.07 bits per heavy atom. The van der Waals surface area contributed by atoms with E-state index in [2.05, 4.69) is 26.1 Å². The number of rotatable bonds is 9. The lowest BCUT2D eigenvalue weighted by Gasteiger charge is -2.24. The Morgan fingerprint density at radius 3 is 2.60 bits per heavy atom. The number of hydrogen-bond donors (Lipinski definition) is 1. The van der Waals surface area contributed by atoms with E-state index in [9.17, 15) is 0 Å². The lowest BCUT2D eigenvalue weighted by atomic mass is 10.1. The Kier molecular flexibility index (Phi) is 6.26. The van der Waals surface area contributed by atoms with Crippen molar-refractivity contribution in [1.82, 2.24) is 5.32 Å². The van der Waals surface area contributed by atoms with E-state index < -0.39 is 0 Å². The zero-order valence-corrected chi connectivity index (χ0v) is 10.6. The molecule has 15 heavy (non-hydrogen) atoms. The summed E-state index contributed by atoms with van der Waals surface area (Å²) < 4.78 is 5.88. The minimum atomic E-state index is 0.361. The molecule has 0 aromatic carbocycles. The van der Waals surface area contributed by atoms with Crippen LogP contribution in [0, 0.1) is 5.92 Å². The van der Waals surface area contributed by atoms with Gasteiger partial charge in [-0.25, -0.2) is 0 Å². The van der Waals surface area contributed by atoms with Crippen molar-refractivity contribution in [1.29, 1.82) is 0 Å². The number of hydrogen-bond acceptors (Lipinski definition) is 2. The second kappa shape index (κ2) is 7.24. The first-order chi connectivity index (χ1) is 7.27. The first kappa shape index (κ1) is 13.0. The van der Waals surface area contributed by atoms with Gasteiger partial charge in [-0.15, -0.1) is 0 Å². The van der Waals surface area contributed by atoms with Gasteiger partial charge in [-0.3, -0.25) is 0 Å². The Bertz CT molecular complexity index is 157. The molecule has 1 rings (SSSR count). The fraction of sp³-hybridized carbons (Fsp3) is 1.00. The monoisotopic (exact) mass is 213 g/mol. The summed E-state index contributed by atoms with van der Waals surface area (Å²) in [5.74, 6) is 0.987. The molecule has 2 nitrogen and oxygen atoms in total. The summed E-state index contributed by atoms with van der Waals surface area (Å²) in [6, 6.07) is 0.532. The summed E-state index contributed by atoms with van der Waals surface area (Å²) in [5, 5.41) is 3.55. The molecular formula is C13H27NO. The second-order valence-electron chi connectivity index (χ2n) is 4.78. The van der Waals surface area contributed by atoms with Crippen LogP contribution in [-0.2, 0) is 4.74 Å². The van der Waals surface area contributed by atoms with Crippen molar-refractivity contribution in [2.75, 3.05) is 13.2 Å². The highest BCUT2D eigenvalue weighted by Crippen LogP contribution is 2.32.